The van der Waals surface area contributed by atoms with E-state index < -0.39 is 0 Å². The Kier molecular flexibility index (Phi) is 5.08. The third-order valence-corrected chi connectivity index (χ3v) is 7.07. The van der Waals surface area contributed by atoms with Crippen LogP contribution >= 0.6 is 0 Å². The van der Waals surface area contributed by atoms with E-state index in [1.165, 1.54) is 27.6 Å². The molecular formula is C29H32N2O. The highest BCUT2D eigenvalue weighted by atomic mass is 16.1. The van der Waals surface area contributed by atoms with Crippen LogP contribution in [0, 0.1) is 5.41 Å². The number of fused-ring (bicyclic) bond motifs is 3. The second-order valence-electron chi connectivity index (χ2n) is 9.93. The number of Topliss-reactive ketones (excluding diaryl/α,β-unsaturated/α-hetero) is 1. The third-order valence-electron chi connectivity index (χ3n) is 7.07. The zero-order chi connectivity index (χ0) is 22.5. The molecule has 0 saturated heterocycles. The number of rotatable bonds is 4. The molecule has 1 aliphatic carbocycles. The minimum absolute atomic E-state index is 0.0212. The quantitative estimate of drug-likeness (QED) is 0.489. The molecule has 3 heteroatoms. The van der Waals surface area contributed by atoms with Crippen LogP contribution in [0.5, 0.6) is 0 Å². The second kappa shape index (κ2) is 7.81. The van der Waals surface area contributed by atoms with Gasteiger partial charge in [0.2, 0.25) is 0 Å². The van der Waals surface area contributed by atoms with Gasteiger partial charge in [-0.1, -0.05) is 50.2 Å². The topological polar surface area (TPSA) is 32.3 Å². The molecule has 0 spiro atoms. The fraction of sp³-hybridized carbons (Fsp3) is 0.345. The van der Waals surface area contributed by atoms with Crippen LogP contribution in [0.4, 0.5) is 11.4 Å². The van der Waals surface area contributed by atoms with Gasteiger partial charge in [0.25, 0.3) is 0 Å². The van der Waals surface area contributed by atoms with Gasteiger partial charge >= 0.3 is 0 Å². The lowest BCUT2D eigenvalue weighted by atomic mass is 9.68. The van der Waals surface area contributed by atoms with Crippen LogP contribution in [0.2, 0.25) is 0 Å². The summed E-state index contributed by atoms with van der Waals surface area (Å²) >= 11 is 0. The van der Waals surface area contributed by atoms with Crippen LogP contribution in [0.15, 0.2) is 66.2 Å². The molecule has 3 aromatic rings. The van der Waals surface area contributed by atoms with E-state index in [1.54, 1.807) is 0 Å². The van der Waals surface area contributed by atoms with Crippen LogP contribution in [-0.2, 0) is 4.79 Å². The molecule has 3 nitrogen and oxygen atoms in total. The van der Waals surface area contributed by atoms with Gasteiger partial charge in [-0.3, -0.25) is 4.79 Å². The van der Waals surface area contributed by atoms with Crippen LogP contribution in [0.25, 0.3) is 16.3 Å². The zero-order valence-corrected chi connectivity index (χ0v) is 19.5. The molecule has 0 bridgehead atoms. The van der Waals surface area contributed by atoms with Crippen molar-refractivity contribution >= 4 is 33.5 Å². The van der Waals surface area contributed by atoms with Gasteiger partial charge in [-0.25, -0.2) is 0 Å². The van der Waals surface area contributed by atoms with Gasteiger partial charge < -0.3 is 10.2 Å². The number of anilines is 2. The summed E-state index contributed by atoms with van der Waals surface area (Å²) in [5, 5.41) is 6.19. The first-order valence-corrected chi connectivity index (χ1v) is 11.8. The lowest BCUT2D eigenvalue weighted by Crippen LogP contribution is -2.32. The van der Waals surface area contributed by atoms with Crippen molar-refractivity contribution in [1.29, 1.82) is 0 Å². The van der Waals surface area contributed by atoms with Gasteiger partial charge in [0.1, 0.15) is 0 Å². The summed E-state index contributed by atoms with van der Waals surface area (Å²) in [7, 11) is 0. The zero-order valence-electron chi connectivity index (χ0n) is 19.5. The van der Waals surface area contributed by atoms with Gasteiger partial charge in [-0.15, -0.1) is 0 Å². The monoisotopic (exact) mass is 424 g/mol. The van der Waals surface area contributed by atoms with Gasteiger partial charge in [0.05, 0.1) is 6.04 Å². The molecule has 3 aromatic carbocycles. The van der Waals surface area contributed by atoms with Crippen LogP contribution < -0.4 is 10.2 Å². The summed E-state index contributed by atoms with van der Waals surface area (Å²) in [6.45, 7) is 10.8. The van der Waals surface area contributed by atoms with Gasteiger partial charge in [0, 0.05) is 42.0 Å². The van der Waals surface area contributed by atoms with Crippen molar-refractivity contribution in [2.24, 2.45) is 5.41 Å². The number of carbonyl (C=O) groups excluding carboxylic acids is 1. The molecule has 164 valence electrons. The molecule has 0 radical (unpaired) electrons. The lowest BCUT2D eigenvalue weighted by molar-refractivity contribution is -0.116. The Bertz CT molecular complexity index is 1220. The molecule has 2 aliphatic rings. The summed E-state index contributed by atoms with van der Waals surface area (Å²) in [6, 6.07) is 21.7. The standard InChI is InChI=1S/C29H32N2O/c1-5-31(6-2)22-13-11-19(12-14-22)28-24-17-29(3,4)18-26(32)27(24)23-15-20-9-7-8-10-21(20)16-25(23)30-28/h7-16,28,30H,5-6,17-18H2,1-4H3/t28-/m1/s1. The van der Waals surface area contributed by atoms with Crippen LogP contribution in [0.3, 0.4) is 0 Å². The second-order valence-corrected chi connectivity index (χ2v) is 9.93. The number of allylic oxidation sites excluding steroid dienone is 1. The number of ketones is 1. The fourth-order valence-electron chi connectivity index (χ4n) is 5.50. The maximum Gasteiger partial charge on any atom is 0.164 e. The molecule has 0 saturated carbocycles. The molecule has 1 heterocycles. The molecule has 1 aliphatic heterocycles. The van der Waals surface area contributed by atoms with Gasteiger partial charge in [-0.05, 0) is 71.9 Å². The fourth-order valence-corrected chi connectivity index (χ4v) is 5.50. The minimum Gasteiger partial charge on any atom is -0.374 e. The molecule has 5 rings (SSSR count). The summed E-state index contributed by atoms with van der Waals surface area (Å²) in [5.74, 6) is 0.277. The Morgan fingerprint density at radius 3 is 2.25 bits per heavy atom. The first-order chi connectivity index (χ1) is 15.4. The Labute approximate surface area is 191 Å². The predicted octanol–water partition coefficient (Wildman–Crippen LogP) is 7.00. The van der Waals surface area contributed by atoms with Crippen molar-refractivity contribution in [1.82, 2.24) is 0 Å². The highest BCUT2D eigenvalue weighted by Gasteiger charge is 2.40. The first-order valence-electron chi connectivity index (χ1n) is 11.8. The Hall–Kier alpha value is -3.07. The number of benzene rings is 3. The Morgan fingerprint density at radius 2 is 1.59 bits per heavy atom. The van der Waals surface area contributed by atoms with Gasteiger partial charge in [0.15, 0.2) is 5.78 Å². The Balaban J connectivity index is 1.65. The van der Waals surface area contributed by atoms with E-state index in [9.17, 15) is 4.79 Å². The molecule has 32 heavy (non-hydrogen) atoms. The first kappa shape index (κ1) is 20.8. The summed E-state index contributed by atoms with van der Waals surface area (Å²) < 4.78 is 0. The largest absolute Gasteiger partial charge is 0.374 e. The molecular weight excluding hydrogens is 392 g/mol. The van der Waals surface area contributed by atoms with E-state index in [-0.39, 0.29) is 17.2 Å². The number of hydrogen-bond acceptors (Lipinski definition) is 3. The third kappa shape index (κ3) is 3.50. The van der Waals surface area contributed by atoms with E-state index >= 15 is 0 Å². The van der Waals surface area contributed by atoms with Crippen molar-refractivity contribution in [3.8, 4) is 0 Å². The van der Waals surface area contributed by atoms with Crippen molar-refractivity contribution in [3.63, 3.8) is 0 Å². The maximum absolute atomic E-state index is 13.4. The van der Waals surface area contributed by atoms with E-state index in [2.05, 4.69) is 98.6 Å². The number of hydrogen-bond donors (Lipinski definition) is 1. The van der Waals surface area contributed by atoms with Crippen molar-refractivity contribution < 1.29 is 4.79 Å². The summed E-state index contributed by atoms with van der Waals surface area (Å²) in [4.78, 5) is 15.8. The number of nitrogens with one attached hydrogen (secondary N) is 1. The number of carbonyl (C=O) groups is 1. The summed E-state index contributed by atoms with van der Waals surface area (Å²) in [6.07, 6.45) is 1.53. The molecule has 0 fully saturated rings. The summed E-state index contributed by atoms with van der Waals surface area (Å²) in [5.41, 5.74) is 6.76. The lowest BCUT2D eigenvalue weighted by Gasteiger charge is -2.40. The number of nitrogens with zero attached hydrogens (tertiary/aromatic N) is 1. The SMILES string of the molecule is CCN(CC)c1ccc([C@H]2Nc3cc4ccccc4cc3C3=C2CC(C)(C)CC3=O)cc1. The smallest absolute Gasteiger partial charge is 0.164 e. The van der Waals surface area contributed by atoms with E-state index in [4.69, 9.17) is 0 Å². The van der Waals surface area contributed by atoms with E-state index in [1.807, 2.05) is 0 Å². The Morgan fingerprint density at radius 1 is 0.938 bits per heavy atom. The van der Waals surface area contributed by atoms with E-state index in [0.717, 1.165) is 36.3 Å². The normalized spacial score (nSPS) is 19.4. The van der Waals surface area contributed by atoms with Crippen molar-refractivity contribution in [3.05, 3.63) is 77.4 Å². The van der Waals surface area contributed by atoms with Crippen LogP contribution in [0.1, 0.15) is 57.7 Å². The molecule has 0 aromatic heterocycles. The highest BCUT2D eigenvalue weighted by molar-refractivity contribution is 6.25. The van der Waals surface area contributed by atoms with Gasteiger partial charge in [-0.2, -0.15) is 0 Å². The van der Waals surface area contributed by atoms with E-state index in [0.29, 0.717) is 6.42 Å². The average Bonchev–Trinajstić information content (AvgIpc) is 2.77. The predicted molar refractivity (Wildman–Crippen MR) is 135 cm³/mol. The molecule has 1 atom stereocenters. The van der Waals surface area contributed by atoms with Crippen molar-refractivity contribution in [2.45, 2.75) is 46.6 Å². The molecule has 0 unspecified atom stereocenters. The molecule has 0 amide bonds. The average molecular weight is 425 g/mol. The maximum atomic E-state index is 13.4. The molecule has 1 N–H and O–H groups in total. The highest BCUT2D eigenvalue weighted by Crippen LogP contribution is 2.50. The van der Waals surface area contributed by atoms with Crippen molar-refractivity contribution in [2.75, 3.05) is 23.3 Å². The van der Waals surface area contributed by atoms with Crippen LogP contribution in [-0.4, -0.2) is 18.9 Å². The minimum atomic E-state index is -0.0225.